The maximum atomic E-state index is 12.2. The fourth-order valence-electron chi connectivity index (χ4n) is 2.15. The van der Waals surface area contributed by atoms with E-state index >= 15 is 0 Å². The van der Waals surface area contributed by atoms with Crippen LogP contribution in [-0.2, 0) is 4.79 Å². The Morgan fingerprint density at radius 3 is 2.81 bits per heavy atom. The number of hydrogen-bond acceptors (Lipinski definition) is 8. The molecule has 0 saturated carbocycles. The first-order valence-electron chi connectivity index (χ1n) is 8.36. The maximum absolute atomic E-state index is 12.2. The molecular formula is C18H20N4O2S3. The van der Waals surface area contributed by atoms with Crippen LogP contribution in [0.4, 0.5) is 5.13 Å². The molecule has 0 atom stereocenters. The molecule has 1 amide bonds. The van der Waals surface area contributed by atoms with Crippen LogP contribution in [0.15, 0.2) is 27.9 Å². The van der Waals surface area contributed by atoms with Gasteiger partial charge in [-0.2, -0.15) is 0 Å². The van der Waals surface area contributed by atoms with Gasteiger partial charge in [-0.1, -0.05) is 29.0 Å². The molecule has 0 spiro atoms. The average molecular weight is 421 g/mol. The van der Waals surface area contributed by atoms with Crippen LogP contribution in [0.1, 0.15) is 25.0 Å². The number of thiazole rings is 1. The second-order valence-corrected chi connectivity index (χ2v) is 9.19. The van der Waals surface area contributed by atoms with Gasteiger partial charge in [-0.05, 0) is 56.2 Å². The van der Waals surface area contributed by atoms with Crippen LogP contribution in [0.25, 0.3) is 11.3 Å². The first-order chi connectivity index (χ1) is 12.9. The van der Waals surface area contributed by atoms with Gasteiger partial charge in [0, 0.05) is 10.9 Å². The van der Waals surface area contributed by atoms with Gasteiger partial charge in [0.15, 0.2) is 9.47 Å². The van der Waals surface area contributed by atoms with Gasteiger partial charge in [0.2, 0.25) is 5.91 Å². The molecule has 142 valence electrons. The molecule has 0 radical (unpaired) electrons. The number of rotatable bonds is 7. The zero-order valence-electron chi connectivity index (χ0n) is 15.5. The van der Waals surface area contributed by atoms with Crippen LogP contribution in [0.2, 0.25) is 0 Å². The largest absolute Gasteiger partial charge is 0.466 e. The summed E-state index contributed by atoms with van der Waals surface area (Å²) < 4.78 is 6.18. The molecule has 1 aromatic carbocycles. The Labute approximate surface area is 170 Å². The van der Waals surface area contributed by atoms with Crippen LogP contribution in [0.5, 0.6) is 5.19 Å². The number of amides is 1. The highest BCUT2D eigenvalue weighted by Gasteiger charge is 2.12. The van der Waals surface area contributed by atoms with Crippen molar-refractivity contribution in [3.05, 3.63) is 34.7 Å². The van der Waals surface area contributed by atoms with Crippen LogP contribution in [0, 0.1) is 13.8 Å². The summed E-state index contributed by atoms with van der Waals surface area (Å²) in [5, 5.41) is 13.9. The minimum atomic E-state index is -0.123. The lowest BCUT2D eigenvalue weighted by Crippen LogP contribution is -2.13. The zero-order valence-corrected chi connectivity index (χ0v) is 17.9. The molecule has 0 unspecified atom stereocenters. The minimum absolute atomic E-state index is 0.0514. The molecule has 1 N–H and O–H groups in total. The van der Waals surface area contributed by atoms with Gasteiger partial charge in [0.25, 0.3) is 5.19 Å². The fourth-order valence-corrected chi connectivity index (χ4v) is 4.49. The summed E-state index contributed by atoms with van der Waals surface area (Å²) >= 11 is 4.09. The normalized spacial score (nSPS) is 11.0. The topological polar surface area (TPSA) is 77.0 Å². The van der Waals surface area contributed by atoms with E-state index in [4.69, 9.17) is 4.74 Å². The molecule has 0 saturated heterocycles. The molecular weight excluding hydrogens is 400 g/mol. The highest BCUT2D eigenvalue weighted by molar-refractivity contribution is 8.01. The van der Waals surface area contributed by atoms with Gasteiger partial charge in [-0.3, -0.25) is 4.79 Å². The molecule has 0 fully saturated rings. The lowest BCUT2D eigenvalue weighted by atomic mass is 10.1. The number of ether oxygens (including phenoxy) is 1. The van der Waals surface area contributed by atoms with Crippen LogP contribution in [-0.4, -0.2) is 32.9 Å². The summed E-state index contributed by atoms with van der Waals surface area (Å²) in [5.74, 6) is 0.122. The summed E-state index contributed by atoms with van der Waals surface area (Å²) in [7, 11) is 0. The number of aryl methyl sites for hydroxylation is 2. The first-order valence-corrected chi connectivity index (χ1v) is 11.0. The Morgan fingerprint density at radius 1 is 1.26 bits per heavy atom. The highest BCUT2D eigenvalue weighted by Crippen LogP contribution is 2.29. The molecule has 3 aromatic rings. The number of thioether (sulfide) groups is 1. The predicted molar refractivity (Wildman–Crippen MR) is 112 cm³/mol. The van der Waals surface area contributed by atoms with E-state index in [1.807, 2.05) is 25.3 Å². The molecule has 0 aliphatic carbocycles. The molecule has 2 aromatic heterocycles. The number of hydrogen-bond donors (Lipinski definition) is 1. The summed E-state index contributed by atoms with van der Waals surface area (Å²) in [5.41, 5.74) is 4.39. The van der Waals surface area contributed by atoms with Gasteiger partial charge in [0.1, 0.15) is 0 Å². The number of anilines is 1. The van der Waals surface area contributed by atoms with Gasteiger partial charge >= 0.3 is 0 Å². The number of benzene rings is 1. The van der Waals surface area contributed by atoms with Crippen molar-refractivity contribution in [2.24, 2.45) is 0 Å². The van der Waals surface area contributed by atoms with E-state index in [9.17, 15) is 4.79 Å². The second kappa shape index (κ2) is 8.81. The third-order valence-corrected chi connectivity index (χ3v) is 6.31. The molecule has 2 heterocycles. The standard InChI is InChI=1S/C18H20N4O2S3/c1-10(2)24-17-21-22-18(27-17)26-9-15(23)20-16-19-14(8-25-16)13-6-5-11(3)12(4)7-13/h5-8,10H,9H2,1-4H3,(H,19,20,23). The predicted octanol–water partition coefficient (Wildman–Crippen LogP) is 4.80. The Kier molecular flexibility index (Phi) is 6.46. The zero-order chi connectivity index (χ0) is 19.4. The van der Waals surface area contributed by atoms with Crippen molar-refractivity contribution in [1.29, 1.82) is 0 Å². The summed E-state index contributed by atoms with van der Waals surface area (Å²) in [6.45, 7) is 8.03. The molecule has 0 aliphatic rings. The third kappa shape index (κ3) is 5.50. The molecule has 0 bridgehead atoms. The van der Waals surface area contributed by atoms with E-state index in [-0.39, 0.29) is 17.8 Å². The fraction of sp³-hybridized carbons (Fsp3) is 0.333. The van der Waals surface area contributed by atoms with E-state index in [0.29, 0.717) is 14.7 Å². The van der Waals surface area contributed by atoms with Gasteiger partial charge in [-0.15, -0.1) is 16.4 Å². The number of carbonyl (C=O) groups excluding carboxylic acids is 1. The lowest BCUT2D eigenvalue weighted by Gasteiger charge is -2.03. The third-order valence-electron chi connectivity index (χ3n) is 3.60. The van der Waals surface area contributed by atoms with E-state index in [1.54, 1.807) is 0 Å². The number of aromatic nitrogens is 3. The minimum Gasteiger partial charge on any atom is -0.466 e. The van der Waals surface area contributed by atoms with Gasteiger partial charge in [-0.25, -0.2) is 4.98 Å². The van der Waals surface area contributed by atoms with Crippen molar-refractivity contribution in [2.45, 2.75) is 38.1 Å². The van der Waals surface area contributed by atoms with E-state index in [0.717, 1.165) is 11.3 Å². The molecule has 27 heavy (non-hydrogen) atoms. The van der Waals surface area contributed by atoms with Crippen LogP contribution < -0.4 is 10.1 Å². The lowest BCUT2D eigenvalue weighted by molar-refractivity contribution is -0.113. The monoisotopic (exact) mass is 420 g/mol. The summed E-state index contributed by atoms with van der Waals surface area (Å²) in [4.78, 5) is 16.7. The van der Waals surface area contributed by atoms with Crippen molar-refractivity contribution in [3.8, 4) is 16.5 Å². The SMILES string of the molecule is Cc1ccc(-c2csc(NC(=O)CSc3nnc(OC(C)C)s3)n2)cc1C. The van der Waals surface area contributed by atoms with Crippen molar-refractivity contribution < 1.29 is 9.53 Å². The van der Waals surface area contributed by atoms with Crippen molar-refractivity contribution in [1.82, 2.24) is 15.2 Å². The molecule has 3 rings (SSSR count). The first kappa shape index (κ1) is 19.8. The Balaban J connectivity index is 1.54. The number of nitrogens with zero attached hydrogens (tertiary/aromatic N) is 3. The number of carbonyl (C=O) groups is 1. The van der Waals surface area contributed by atoms with Crippen molar-refractivity contribution >= 4 is 45.5 Å². The molecule has 6 nitrogen and oxygen atoms in total. The summed E-state index contributed by atoms with van der Waals surface area (Å²) in [6, 6.07) is 6.24. The highest BCUT2D eigenvalue weighted by atomic mass is 32.2. The van der Waals surface area contributed by atoms with E-state index < -0.39 is 0 Å². The van der Waals surface area contributed by atoms with E-state index in [2.05, 4.69) is 46.5 Å². The molecule has 0 aliphatic heterocycles. The van der Waals surface area contributed by atoms with Crippen molar-refractivity contribution in [3.63, 3.8) is 0 Å². The Bertz CT molecular complexity index is 936. The smallest absolute Gasteiger partial charge is 0.295 e. The maximum Gasteiger partial charge on any atom is 0.295 e. The van der Waals surface area contributed by atoms with Gasteiger partial charge < -0.3 is 10.1 Å². The van der Waals surface area contributed by atoms with Gasteiger partial charge in [0.05, 0.1) is 17.6 Å². The Morgan fingerprint density at radius 2 is 2.07 bits per heavy atom. The van der Waals surface area contributed by atoms with Crippen molar-refractivity contribution in [2.75, 3.05) is 11.1 Å². The second-order valence-electron chi connectivity index (χ2n) is 6.17. The average Bonchev–Trinajstić information content (AvgIpc) is 3.24. The van der Waals surface area contributed by atoms with Crippen LogP contribution in [0.3, 0.4) is 0 Å². The Hall–Kier alpha value is -1.97. The quantitative estimate of drug-likeness (QED) is 0.554. The van der Waals surface area contributed by atoms with E-state index in [1.165, 1.54) is 45.6 Å². The summed E-state index contributed by atoms with van der Waals surface area (Å²) in [6.07, 6.45) is 0.0514. The number of nitrogens with one attached hydrogen (secondary N) is 1. The molecule has 9 heteroatoms. The van der Waals surface area contributed by atoms with Crippen LogP contribution >= 0.6 is 34.4 Å².